The average Bonchev–Trinajstić information content (AvgIpc) is 3.37. The van der Waals surface area contributed by atoms with E-state index in [-0.39, 0.29) is 37.2 Å². The Morgan fingerprint density at radius 1 is 1.00 bits per heavy atom. The van der Waals surface area contributed by atoms with Gasteiger partial charge in [0.15, 0.2) is 0 Å². The minimum Gasteiger partial charge on any atom is -0.460 e. The molecule has 206 valence electrons. The molecule has 5 atom stereocenters. The molecule has 1 aliphatic carbocycles. The molecule has 0 aromatic heterocycles. The molecule has 1 fully saturated rings. The summed E-state index contributed by atoms with van der Waals surface area (Å²) in [6.07, 6.45) is 2.33. The zero-order valence-corrected chi connectivity index (χ0v) is 24.1. The molecule has 0 N–H and O–H groups in total. The summed E-state index contributed by atoms with van der Waals surface area (Å²) in [5.41, 5.74) is 1.76. The van der Waals surface area contributed by atoms with Gasteiger partial charge in [0.25, 0.3) is 5.28 Å². The summed E-state index contributed by atoms with van der Waals surface area (Å²) in [7, 11) is -4.11. The fourth-order valence-corrected chi connectivity index (χ4v) is 8.36. The smallest absolute Gasteiger partial charge is 0.372 e. The maximum atomic E-state index is 14.5. The van der Waals surface area contributed by atoms with Crippen LogP contribution < -0.4 is 0 Å². The first-order valence-corrected chi connectivity index (χ1v) is 15.3. The summed E-state index contributed by atoms with van der Waals surface area (Å²) < 4.78 is 32.5. The van der Waals surface area contributed by atoms with E-state index in [1.54, 1.807) is 13.8 Å². The first-order valence-electron chi connectivity index (χ1n) is 13.8. The molecule has 38 heavy (non-hydrogen) atoms. The second-order valence-corrected chi connectivity index (χ2v) is 13.2. The van der Waals surface area contributed by atoms with Crippen LogP contribution in [0.15, 0.2) is 70.9 Å². The first kappa shape index (κ1) is 28.7. The Balaban J connectivity index is 1.76. The monoisotopic (exact) mass is 540 g/mol. The third kappa shape index (κ3) is 5.25. The van der Waals surface area contributed by atoms with Crippen LogP contribution in [-0.4, -0.2) is 37.1 Å². The maximum absolute atomic E-state index is 14.5. The van der Waals surface area contributed by atoms with Crippen LogP contribution in [-0.2, 0) is 28.6 Å². The quantitative estimate of drug-likeness (QED) is 0.230. The van der Waals surface area contributed by atoms with Crippen molar-refractivity contribution in [1.82, 2.24) is 0 Å². The molecule has 1 saturated carbocycles. The van der Waals surface area contributed by atoms with E-state index in [0.717, 1.165) is 24.8 Å². The van der Waals surface area contributed by atoms with E-state index >= 15 is 0 Å². The lowest BCUT2D eigenvalue weighted by Gasteiger charge is -2.45. The number of esters is 1. The van der Waals surface area contributed by atoms with Gasteiger partial charge in [-0.3, -0.25) is 4.57 Å². The van der Waals surface area contributed by atoms with Gasteiger partial charge in [-0.2, -0.15) is 10.2 Å². The molecule has 4 rings (SSSR count). The summed E-state index contributed by atoms with van der Waals surface area (Å²) in [5, 5.41) is 6.76. The Labute approximate surface area is 226 Å². The number of carbonyl (C=O) groups is 1. The molecule has 0 unspecified atom stereocenters. The molecule has 1 heterocycles. The largest absolute Gasteiger partial charge is 0.460 e. The summed E-state index contributed by atoms with van der Waals surface area (Å²) in [4.78, 5) is 14.4. The van der Waals surface area contributed by atoms with Crippen molar-refractivity contribution in [2.24, 2.45) is 22.1 Å². The molecule has 0 bridgehead atoms. The molecule has 0 amide bonds. The van der Waals surface area contributed by atoms with E-state index in [1.807, 2.05) is 48.5 Å². The molecule has 1 aliphatic heterocycles. The van der Waals surface area contributed by atoms with Gasteiger partial charge in [0, 0.05) is 5.92 Å². The Bertz CT molecular complexity index is 1150. The molecule has 0 saturated heterocycles. The van der Waals surface area contributed by atoms with Crippen LogP contribution >= 0.6 is 7.60 Å². The third-order valence-corrected chi connectivity index (χ3v) is 10.9. The predicted molar refractivity (Wildman–Crippen MR) is 148 cm³/mol. The van der Waals surface area contributed by atoms with E-state index in [2.05, 4.69) is 43.1 Å². The van der Waals surface area contributed by atoms with E-state index in [0.29, 0.717) is 5.92 Å². The van der Waals surface area contributed by atoms with Crippen molar-refractivity contribution >= 4 is 13.6 Å². The third-order valence-electron chi connectivity index (χ3n) is 8.25. The van der Waals surface area contributed by atoms with Crippen molar-refractivity contribution in [3.05, 3.63) is 71.8 Å². The highest BCUT2D eigenvalue weighted by Gasteiger charge is 2.67. The SMILES string of the molecule is CCOP(=O)(OCC)[C@]1(C(=O)O[C@@H]2C[C@H](C)CC[C@H]2C(C)(C)c2ccccc2)N=NC[C@H]1c1ccccc1. The molecule has 0 spiro atoms. The van der Waals surface area contributed by atoms with Gasteiger partial charge < -0.3 is 13.8 Å². The topological polar surface area (TPSA) is 86.5 Å². The highest BCUT2D eigenvalue weighted by atomic mass is 31.2. The Morgan fingerprint density at radius 2 is 1.61 bits per heavy atom. The second kappa shape index (κ2) is 11.8. The average molecular weight is 541 g/mol. The number of ether oxygens (including phenoxy) is 1. The Hall–Kier alpha value is -2.34. The van der Waals surface area contributed by atoms with Crippen molar-refractivity contribution in [2.45, 2.75) is 76.6 Å². The van der Waals surface area contributed by atoms with Gasteiger partial charge in [-0.15, -0.1) is 0 Å². The normalized spacial score (nSPS) is 27.8. The minimum atomic E-state index is -4.11. The highest BCUT2D eigenvalue weighted by Crippen LogP contribution is 2.68. The number of azo groups is 1. The number of rotatable bonds is 10. The molecule has 7 nitrogen and oxygen atoms in total. The van der Waals surface area contributed by atoms with Crippen LogP contribution in [0.2, 0.25) is 0 Å². The van der Waals surface area contributed by atoms with Crippen molar-refractivity contribution in [3.8, 4) is 0 Å². The summed E-state index contributed by atoms with van der Waals surface area (Å²) in [5.74, 6) is -0.825. The van der Waals surface area contributed by atoms with E-state index in [4.69, 9.17) is 13.8 Å². The Kier molecular flexibility index (Phi) is 8.91. The fourth-order valence-electron chi connectivity index (χ4n) is 6.16. The number of hydrogen-bond acceptors (Lipinski definition) is 7. The van der Waals surface area contributed by atoms with E-state index in [1.165, 1.54) is 5.56 Å². The molecular weight excluding hydrogens is 499 g/mol. The lowest BCUT2D eigenvalue weighted by molar-refractivity contribution is -0.161. The molecule has 2 aromatic rings. The van der Waals surface area contributed by atoms with Gasteiger partial charge >= 0.3 is 13.6 Å². The van der Waals surface area contributed by atoms with Crippen molar-refractivity contribution in [3.63, 3.8) is 0 Å². The number of carbonyl (C=O) groups excluding carboxylic acids is 1. The van der Waals surface area contributed by atoms with Crippen molar-refractivity contribution < 1.29 is 23.1 Å². The van der Waals surface area contributed by atoms with Crippen LogP contribution in [0.1, 0.15) is 70.9 Å². The number of hydrogen-bond donors (Lipinski definition) is 0. The second-order valence-electron chi connectivity index (χ2n) is 11.0. The molecule has 2 aliphatic rings. The van der Waals surface area contributed by atoms with Gasteiger partial charge in [0.05, 0.1) is 25.7 Å². The van der Waals surface area contributed by atoms with Crippen molar-refractivity contribution in [2.75, 3.05) is 19.8 Å². The first-order chi connectivity index (χ1) is 18.2. The lowest BCUT2D eigenvalue weighted by Crippen LogP contribution is -2.49. The maximum Gasteiger partial charge on any atom is 0.372 e. The minimum absolute atomic E-state index is 0.0780. The summed E-state index contributed by atoms with van der Waals surface area (Å²) in [6, 6.07) is 19.8. The Morgan fingerprint density at radius 3 is 2.21 bits per heavy atom. The zero-order chi connectivity index (χ0) is 27.4. The van der Waals surface area contributed by atoms with Gasteiger partial charge in [0.2, 0.25) is 0 Å². The van der Waals surface area contributed by atoms with Crippen molar-refractivity contribution in [1.29, 1.82) is 0 Å². The van der Waals surface area contributed by atoms with Crippen LogP contribution in [0.25, 0.3) is 0 Å². The highest BCUT2D eigenvalue weighted by molar-refractivity contribution is 7.56. The molecule has 2 aromatic carbocycles. The van der Waals surface area contributed by atoms with Crippen LogP contribution in [0, 0.1) is 11.8 Å². The van der Waals surface area contributed by atoms with E-state index in [9.17, 15) is 9.36 Å². The predicted octanol–water partition coefficient (Wildman–Crippen LogP) is 7.52. The summed E-state index contributed by atoms with van der Waals surface area (Å²) >= 11 is 0. The van der Waals surface area contributed by atoms with Crippen LogP contribution in [0.4, 0.5) is 0 Å². The number of nitrogens with zero attached hydrogens (tertiary/aromatic N) is 2. The summed E-state index contributed by atoms with van der Waals surface area (Å²) in [6.45, 7) is 10.5. The van der Waals surface area contributed by atoms with Gasteiger partial charge in [-0.25, -0.2) is 4.79 Å². The lowest BCUT2D eigenvalue weighted by atomic mass is 9.64. The van der Waals surface area contributed by atoms with Crippen LogP contribution in [0.5, 0.6) is 0 Å². The van der Waals surface area contributed by atoms with Crippen LogP contribution in [0.3, 0.4) is 0 Å². The molecular formula is C30H41N2O5P. The molecule has 8 heteroatoms. The van der Waals surface area contributed by atoms with E-state index < -0.39 is 24.8 Å². The standard InChI is InChI=1S/C30H41N2O5P/c1-6-35-38(34,36-7-2)30(26(21-31-32-30)23-14-10-8-11-15-23)28(33)37-27-20-22(3)18-19-25(27)29(4,5)24-16-12-9-13-17-24/h8-17,22,25-27H,6-7,18-21H2,1-5H3/t22-,25-,26+,27-,30-/m1/s1. The fraction of sp³-hybridized carbons (Fsp3) is 0.567. The van der Waals surface area contributed by atoms with Gasteiger partial charge in [0.1, 0.15) is 6.10 Å². The molecule has 0 radical (unpaired) electrons. The van der Waals surface area contributed by atoms with Gasteiger partial charge in [-0.1, -0.05) is 87.9 Å². The zero-order valence-electron chi connectivity index (χ0n) is 23.2. The van der Waals surface area contributed by atoms with Gasteiger partial charge in [-0.05, 0) is 49.1 Å². The number of benzene rings is 2.